The maximum Gasteiger partial charge on any atom is 0.277 e. The second kappa shape index (κ2) is 12.0. The number of carbonyl (C=O) groups excluding carboxylic acids is 1. The Kier molecular flexibility index (Phi) is 9.09. The number of nitrogens with zero attached hydrogens (tertiary/aromatic N) is 1. The zero-order chi connectivity index (χ0) is 23.8. The third-order valence-corrected chi connectivity index (χ3v) is 6.71. The number of hydrazone groups is 1. The molecule has 0 atom stereocenters. The van der Waals surface area contributed by atoms with Crippen molar-refractivity contribution in [2.45, 2.75) is 33.3 Å². The first-order valence-electron chi connectivity index (χ1n) is 10.5. The minimum atomic E-state index is -0.337. The second-order valence-electron chi connectivity index (χ2n) is 7.80. The fraction of sp³-hybridized carbons (Fsp3) is 0.231. The van der Waals surface area contributed by atoms with Crippen LogP contribution in [0.3, 0.4) is 0 Å². The molecule has 0 aliphatic carbocycles. The first-order valence-corrected chi connectivity index (χ1v) is 12.1. The molecule has 3 rings (SSSR count). The first kappa shape index (κ1) is 25.0. The van der Waals surface area contributed by atoms with Crippen molar-refractivity contribution in [3.8, 4) is 11.5 Å². The summed E-state index contributed by atoms with van der Waals surface area (Å²) in [7, 11) is 0. The van der Waals surface area contributed by atoms with E-state index in [0.29, 0.717) is 12.4 Å². The number of carbonyl (C=O) groups is 1. The third-order valence-electron chi connectivity index (χ3n) is 4.93. The molecule has 1 amide bonds. The van der Waals surface area contributed by atoms with Gasteiger partial charge in [0.05, 0.1) is 10.7 Å². The van der Waals surface area contributed by atoms with Crippen molar-refractivity contribution in [3.05, 3.63) is 91.9 Å². The minimum Gasteiger partial charge on any atom is -0.489 e. The van der Waals surface area contributed by atoms with E-state index in [1.165, 1.54) is 0 Å². The summed E-state index contributed by atoms with van der Waals surface area (Å²) < 4.78 is 13.5. The summed E-state index contributed by atoms with van der Waals surface area (Å²) in [4.78, 5) is 12.2. The summed E-state index contributed by atoms with van der Waals surface area (Å²) in [5, 5.41) is 4.02. The average molecular weight is 574 g/mol. The van der Waals surface area contributed by atoms with E-state index < -0.39 is 0 Å². The second-order valence-corrected chi connectivity index (χ2v) is 9.44. The molecule has 0 aliphatic heterocycles. The number of benzene rings is 3. The van der Waals surface area contributed by atoms with Gasteiger partial charge in [-0.05, 0) is 81.4 Å². The highest BCUT2D eigenvalue weighted by Crippen LogP contribution is 2.40. The van der Waals surface area contributed by atoms with Crippen molar-refractivity contribution in [3.63, 3.8) is 0 Å². The number of hydrogen-bond donors (Lipinski definition) is 1. The molecule has 0 bridgehead atoms. The number of nitrogens with one attached hydrogen (secondary N) is 1. The molecule has 0 radical (unpaired) electrons. The molecule has 1 N–H and O–H groups in total. The predicted octanol–water partition coefficient (Wildman–Crippen LogP) is 6.75. The molecule has 0 saturated heterocycles. The van der Waals surface area contributed by atoms with Crippen LogP contribution in [-0.2, 0) is 11.4 Å². The molecule has 0 fully saturated rings. The summed E-state index contributed by atoms with van der Waals surface area (Å²) in [6.45, 7) is 6.52. The monoisotopic (exact) mass is 572 g/mol. The SMILES string of the molecule is Cc1c(Br)cc(C(C)C)c(OCC(=O)N/N=C\c2ccc(OCc3ccccc3)cc2)c1Br. The molecule has 0 saturated carbocycles. The lowest BCUT2D eigenvalue weighted by Gasteiger charge is -2.18. The Hall–Kier alpha value is -2.64. The normalized spacial score (nSPS) is 11.1. The molecular formula is C26H26Br2N2O3. The lowest BCUT2D eigenvalue weighted by Crippen LogP contribution is -2.25. The van der Waals surface area contributed by atoms with Gasteiger partial charge >= 0.3 is 0 Å². The molecule has 7 heteroatoms. The highest BCUT2D eigenvalue weighted by atomic mass is 79.9. The van der Waals surface area contributed by atoms with Crippen LogP contribution in [0.2, 0.25) is 0 Å². The molecule has 0 aliphatic rings. The molecule has 0 spiro atoms. The summed E-state index contributed by atoms with van der Waals surface area (Å²) in [5.74, 6) is 1.35. The van der Waals surface area contributed by atoms with Crippen LogP contribution >= 0.6 is 31.9 Å². The zero-order valence-corrected chi connectivity index (χ0v) is 21.9. The molecule has 0 unspecified atom stereocenters. The lowest BCUT2D eigenvalue weighted by atomic mass is 10.0. The molecule has 5 nitrogen and oxygen atoms in total. The molecule has 3 aromatic carbocycles. The van der Waals surface area contributed by atoms with Crippen LogP contribution in [-0.4, -0.2) is 18.7 Å². The van der Waals surface area contributed by atoms with Gasteiger partial charge in [0.2, 0.25) is 0 Å². The average Bonchev–Trinajstić information content (AvgIpc) is 2.82. The van der Waals surface area contributed by atoms with Crippen LogP contribution in [0.25, 0.3) is 0 Å². The summed E-state index contributed by atoms with van der Waals surface area (Å²) in [6, 6.07) is 19.5. The van der Waals surface area contributed by atoms with Gasteiger partial charge in [-0.1, -0.05) is 60.1 Å². The van der Waals surface area contributed by atoms with E-state index in [4.69, 9.17) is 9.47 Å². The van der Waals surface area contributed by atoms with Gasteiger partial charge in [-0.3, -0.25) is 4.79 Å². The summed E-state index contributed by atoms with van der Waals surface area (Å²) in [5.41, 5.74) is 6.50. The van der Waals surface area contributed by atoms with Crippen LogP contribution < -0.4 is 14.9 Å². The van der Waals surface area contributed by atoms with Crippen LogP contribution in [0.1, 0.15) is 42.0 Å². The maximum atomic E-state index is 12.2. The largest absolute Gasteiger partial charge is 0.489 e. The molecule has 33 heavy (non-hydrogen) atoms. The van der Waals surface area contributed by atoms with E-state index in [1.807, 2.05) is 67.6 Å². The standard InChI is InChI=1S/C26H26Br2N2O3/c1-17(2)22-13-23(27)18(3)25(28)26(22)33-16-24(31)30-29-14-19-9-11-21(12-10-19)32-15-20-7-5-4-6-8-20/h4-14,17H,15-16H2,1-3H3,(H,30,31)/b29-14-. The number of ether oxygens (including phenoxy) is 2. The number of rotatable bonds is 9. The van der Waals surface area contributed by atoms with Gasteiger partial charge in [-0.25, -0.2) is 5.43 Å². The highest BCUT2D eigenvalue weighted by molar-refractivity contribution is 9.11. The van der Waals surface area contributed by atoms with Crippen molar-refractivity contribution in [1.29, 1.82) is 0 Å². The van der Waals surface area contributed by atoms with E-state index in [2.05, 4.69) is 56.2 Å². The van der Waals surface area contributed by atoms with Crippen molar-refractivity contribution in [1.82, 2.24) is 5.43 Å². The van der Waals surface area contributed by atoms with Crippen molar-refractivity contribution in [2.24, 2.45) is 5.10 Å². The van der Waals surface area contributed by atoms with E-state index in [9.17, 15) is 4.79 Å². The Morgan fingerprint density at radius 3 is 2.42 bits per heavy atom. The quantitative estimate of drug-likeness (QED) is 0.227. The van der Waals surface area contributed by atoms with Gasteiger partial charge in [0.25, 0.3) is 5.91 Å². The third kappa shape index (κ3) is 7.17. The maximum absolute atomic E-state index is 12.2. The topological polar surface area (TPSA) is 59.9 Å². The number of halogens is 2. The van der Waals surface area contributed by atoms with Gasteiger partial charge in [0, 0.05) is 4.47 Å². The Morgan fingerprint density at radius 2 is 1.76 bits per heavy atom. The van der Waals surface area contributed by atoms with Crippen LogP contribution in [0.15, 0.2) is 74.7 Å². The van der Waals surface area contributed by atoms with Crippen molar-refractivity contribution >= 4 is 44.0 Å². The molecule has 172 valence electrons. The van der Waals surface area contributed by atoms with Crippen molar-refractivity contribution < 1.29 is 14.3 Å². The number of amides is 1. The zero-order valence-electron chi connectivity index (χ0n) is 18.8. The van der Waals surface area contributed by atoms with E-state index in [1.54, 1.807) is 6.21 Å². The first-order chi connectivity index (χ1) is 15.8. The lowest BCUT2D eigenvalue weighted by molar-refractivity contribution is -0.123. The summed E-state index contributed by atoms with van der Waals surface area (Å²) in [6.07, 6.45) is 1.58. The molecular weight excluding hydrogens is 548 g/mol. The van der Waals surface area contributed by atoms with Gasteiger partial charge < -0.3 is 9.47 Å². The highest BCUT2D eigenvalue weighted by Gasteiger charge is 2.17. The molecule has 0 aromatic heterocycles. The van der Waals surface area contributed by atoms with Crippen LogP contribution in [0.5, 0.6) is 11.5 Å². The fourth-order valence-corrected chi connectivity index (χ4v) is 4.30. The predicted molar refractivity (Wildman–Crippen MR) is 139 cm³/mol. The van der Waals surface area contributed by atoms with Gasteiger partial charge in [-0.2, -0.15) is 5.10 Å². The Morgan fingerprint density at radius 1 is 1.06 bits per heavy atom. The van der Waals surface area contributed by atoms with Gasteiger partial charge in [0.15, 0.2) is 6.61 Å². The van der Waals surface area contributed by atoms with E-state index in [0.717, 1.165) is 36.9 Å². The molecule has 0 heterocycles. The fourth-order valence-electron chi connectivity index (χ4n) is 3.03. The Balaban J connectivity index is 1.51. The van der Waals surface area contributed by atoms with Gasteiger partial charge in [-0.15, -0.1) is 0 Å². The smallest absolute Gasteiger partial charge is 0.277 e. The Bertz CT molecular complexity index is 1110. The summed E-state index contributed by atoms with van der Waals surface area (Å²) >= 11 is 7.15. The van der Waals surface area contributed by atoms with Crippen LogP contribution in [0, 0.1) is 6.92 Å². The van der Waals surface area contributed by atoms with Crippen molar-refractivity contribution in [2.75, 3.05) is 6.61 Å². The van der Waals surface area contributed by atoms with E-state index in [-0.39, 0.29) is 18.4 Å². The van der Waals surface area contributed by atoms with Crippen LogP contribution in [0.4, 0.5) is 0 Å². The van der Waals surface area contributed by atoms with E-state index >= 15 is 0 Å². The van der Waals surface area contributed by atoms with Gasteiger partial charge in [0.1, 0.15) is 18.1 Å². The molecule has 3 aromatic rings. The Labute approximate surface area is 211 Å². The minimum absolute atomic E-state index is 0.136. The number of hydrogen-bond acceptors (Lipinski definition) is 4.